The maximum atomic E-state index is 12.8. The average Bonchev–Trinajstić information content (AvgIpc) is 3.30. The van der Waals surface area contributed by atoms with Gasteiger partial charge in [0.15, 0.2) is 5.16 Å². The van der Waals surface area contributed by atoms with Crippen molar-refractivity contribution in [2.45, 2.75) is 61.8 Å². The first kappa shape index (κ1) is 21.6. The molecular formula is C19H23F3N4O2S. The number of amides is 1. The molecule has 2 heterocycles. The third kappa shape index (κ3) is 5.72. The zero-order chi connectivity index (χ0) is 21.0. The Morgan fingerprint density at radius 1 is 1.34 bits per heavy atom. The molecule has 0 aliphatic carbocycles. The van der Waals surface area contributed by atoms with Crippen molar-refractivity contribution in [3.8, 4) is 0 Å². The van der Waals surface area contributed by atoms with Gasteiger partial charge in [-0.1, -0.05) is 23.9 Å². The molecule has 1 saturated heterocycles. The molecule has 1 amide bonds. The van der Waals surface area contributed by atoms with Gasteiger partial charge in [0.25, 0.3) is 0 Å². The summed E-state index contributed by atoms with van der Waals surface area (Å²) in [6, 6.07) is 5.13. The highest BCUT2D eigenvalue weighted by Gasteiger charge is 2.30. The third-order valence-electron chi connectivity index (χ3n) is 4.79. The van der Waals surface area contributed by atoms with Crippen molar-refractivity contribution in [1.82, 2.24) is 14.8 Å². The molecule has 158 valence electrons. The normalized spacial score (nSPS) is 18.1. The van der Waals surface area contributed by atoms with Crippen molar-refractivity contribution in [2.75, 3.05) is 6.61 Å². The lowest BCUT2D eigenvalue weighted by molar-refractivity contribution is -0.137. The SMILES string of the molecule is CC(Sc1nnc(CCC(N)=O)n1CC1CCCO1)c1ccc(C(F)(F)F)cc1. The number of rotatable bonds is 8. The molecule has 3 rings (SSSR count). The summed E-state index contributed by atoms with van der Waals surface area (Å²) in [7, 11) is 0. The Morgan fingerprint density at radius 3 is 2.66 bits per heavy atom. The van der Waals surface area contributed by atoms with Crippen LogP contribution in [0.1, 0.15) is 48.4 Å². The summed E-state index contributed by atoms with van der Waals surface area (Å²) in [6.07, 6.45) is -1.82. The number of aryl methyl sites for hydroxylation is 1. The lowest BCUT2D eigenvalue weighted by atomic mass is 10.1. The summed E-state index contributed by atoms with van der Waals surface area (Å²) in [5.41, 5.74) is 5.34. The van der Waals surface area contributed by atoms with Crippen LogP contribution < -0.4 is 5.73 Å². The molecule has 2 N–H and O–H groups in total. The van der Waals surface area contributed by atoms with E-state index in [1.54, 1.807) is 0 Å². The van der Waals surface area contributed by atoms with Crippen LogP contribution in [-0.4, -0.2) is 33.4 Å². The average molecular weight is 428 g/mol. The number of ether oxygens (including phenoxy) is 1. The standard InChI is InChI=1S/C19H23F3N4O2S/c1-12(13-4-6-14(7-5-13)19(20,21)22)29-18-25-24-17(9-8-16(23)27)26(18)11-15-3-2-10-28-15/h4-7,12,15H,2-3,8-11H2,1H3,(H2,23,27). The van der Waals surface area contributed by atoms with Crippen LogP contribution in [0.15, 0.2) is 29.4 Å². The highest BCUT2D eigenvalue weighted by atomic mass is 32.2. The van der Waals surface area contributed by atoms with Crippen LogP contribution in [0, 0.1) is 0 Å². The van der Waals surface area contributed by atoms with Gasteiger partial charge in [0.05, 0.1) is 18.2 Å². The van der Waals surface area contributed by atoms with Gasteiger partial charge in [-0.3, -0.25) is 4.79 Å². The van der Waals surface area contributed by atoms with Crippen LogP contribution in [0.3, 0.4) is 0 Å². The Labute approximate surface area is 171 Å². The van der Waals surface area contributed by atoms with Crippen molar-refractivity contribution >= 4 is 17.7 Å². The van der Waals surface area contributed by atoms with Gasteiger partial charge < -0.3 is 15.0 Å². The van der Waals surface area contributed by atoms with Crippen LogP contribution in [0.25, 0.3) is 0 Å². The highest BCUT2D eigenvalue weighted by Crippen LogP contribution is 2.36. The molecule has 2 aromatic rings. The van der Waals surface area contributed by atoms with E-state index < -0.39 is 17.6 Å². The largest absolute Gasteiger partial charge is 0.416 e. The number of benzene rings is 1. The summed E-state index contributed by atoms with van der Waals surface area (Å²) in [5.74, 6) is 0.241. The van der Waals surface area contributed by atoms with Gasteiger partial charge in [-0.15, -0.1) is 10.2 Å². The Balaban J connectivity index is 1.76. The van der Waals surface area contributed by atoms with E-state index in [1.807, 2.05) is 11.5 Å². The zero-order valence-electron chi connectivity index (χ0n) is 16.0. The van der Waals surface area contributed by atoms with Crippen molar-refractivity contribution in [2.24, 2.45) is 5.73 Å². The highest BCUT2D eigenvalue weighted by molar-refractivity contribution is 7.99. The monoisotopic (exact) mass is 428 g/mol. The first-order valence-electron chi connectivity index (χ1n) is 9.40. The number of halogens is 3. The molecule has 0 saturated carbocycles. The molecule has 2 atom stereocenters. The molecule has 0 spiro atoms. The number of aromatic nitrogens is 3. The molecule has 1 aliphatic rings. The van der Waals surface area contributed by atoms with E-state index in [2.05, 4.69) is 10.2 Å². The van der Waals surface area contributed by atoms with Gasteiger partial charge in [-0.2, -0.15) is 13.2 Å². The first-order chi connectivity index (χ1) is 13.7. The summed E-state index contributed by atoms with van der Waals surface area (Å²) in [4.78, 5) is 11.2. The lowest BCUT2D eigenvalue weighted by Crippen LogP contribution is -2.19. The number of hydrogen-bond donors (Lipinski definition) is 1. The van der Waals surface area contributed by atoms with Crippen LogP contribution in [0.2, 0.25) is 0 Å². The minimum atomic E-state index is -4.36. The minimum Gasteiger partial charge on any atom is -0.376 e. The number of nitrogens with two attached hydrogens (primary N) is 1. The fraction of sp³-hybridized carbons (Fsp3) is 0.526. The molecule has 1 aromatic heterocycles. The summed E-state index contributed by atoms with van der Waals surface area (Å²) in [6.45, 7) is 3.19. The maximum Gasteiger partial charge on any atom is 0.416 e. The fourth-order valence-corrected chi connectivity index (χ4v) is 4.18. The molecule has 6 nitrogen and oxygen atoms in total. The Morgan fingerprint density at radius 2 is 2.07 bits per heavy atom. The topological polar surface area (TPSA) is 83.0 Å². The summed E-state index contributed by atoms with van der Waals surface area (Å²) < 4.78 is 46.0. The van der Waals surface area contributed by atoms with Crippen molar-refractivity contribution in [1.29, 1.82) is 0 Å². The van der Waals surface area contributed by atoms with E-state index in [1.165, 1.54) is 23.9 Å². The van der Waals surface area contributed by atoms with E-state index in [4.69, 9.17) is 10.5 Å². The first-order valence-corrected chi connectivity index (χ1v) is 10.3. The lowest BCUT2D eigenvalue weighted by Gasteiger charge is -2.17. The van der Waals surface area contributed by atoms with Gasteiger partial charge in [0.1, 0.15) is 5.82 Å². The quantitative estimate of drug-likeness (QED) is 0.648. The van der Waals surface area contributed by atoms with Crippen LogP contribution in [-0.2, 0) is 28.7 Å². The van der Waals surface area contributed by atoms with Crippen molar-refractivity contribution in [3.05, 3.63) is 41.2 Å². The second-order valence-electron chi connectivity index (χ2n) is 6.99. The molecule has 1 fully saturated rings. The van der Waals surface area contributed by atoms with E-state index in [0.717, 1.165) is 30.5 Å². The zero-order valence-corrected chi connectivity index (χ0v) is 16.8. The van der Waals surface area contributed by atoms with Gasteiger partial charge in [-0.25, -0.2) is 0 Å². The number of carbonyl (C=O) groups excluding carboxylic acids is 1. The Bertz CT molecular complexity index is 833. The van der Waals surface area contributed by atoms with Crippen molar-refractivity contribution in [3.63, 3.8) is 0 Å². The molecule has 10 heteroatoms. The second-order valence-corrected chi connectivity index (χ2v) is 8.30. The predicted molar refractivity (Wildman–Crippen MR) is 102 cm³/mol. The Hall–Kier alpha value is -2.07. The number of primary amides is 1. The predicted octanol–water partition coefficient (Wildman–Crippen LogP) is 3.75. The second kappa shape index (κ2) is 9.17. The van der Waals surface area contributed by atoms with Crippen LogP contribution in [0.4, 0.5) is 13.2 Å². The summed E-state index contributed by atoms with van der Waals surface area (Å²) in [5, 5.41) is 8.96. The molecule has 0 radical (unpaired) electrons. The number of carbonyl (C=O) groups is 1. The molecule has 2 unspecified atom stereocenters. The van der Waals surface area contributed by atoms with E-state index in [-0.39, 0.29) is 17.8 Å². The molecule has 0 bridgehead atoms. The third-order valence-corrected chi connectivity index (χ3v) is 5.93. The van der Waals surface area contributed by atoms with E-state index in [0.29, 0.717) is 30.6 Å². The van der Waals surface area contributed by atoms with Gasteiger partial charge in [0.2, 0.25) is 5.91 Å². The molecular weight excluding hydrogens is 405 g/mol. The minimum absolute atomic E-state index is 0.0547. The fourth-order valence-electron chi connectivity index (χ4n) is 3.17. The molecule has 1 aliphatic heterocycles. The van der Waals surface area contributed by atoms with Crippen LogP contribution in [0.5, 0.6) is 0 Å². The number of alkyl halides is 3. The maximum absolute atomic E-state index is 12.8. The number of thioether (sulfide) groups is 1. The molecule has 29 heavy (non-hydrogen) atoms. The van der Waals surface area contributed by atoms with Crippen LogP contribution >= 0.6 is 11.8 Å². The molecule has 1 aromatic carbocycles. The van der Waals surface area contributed by atoms with E-state index in [9.17, 15) is 18.0 Å². The van der Waals surface area contributed by atoms with Gasteiger partial charge in [-0.05, 0) is 37.5 Å². The smallest absolute Gasteiger partial charge is 0.376 e. The summed E-state index contributed by atoms with van der Waals surface area (Å²) >= 11 is 1.41. The van der Waals surface area contributed by atoms with Gasteiger partial charge >= 0.3 is 6.18 Å². The van der Waals surface area contributed by atoms with Crippen molar-refractivity contribution < 1.29 is 22.7 Å². The number of nitrogens with zero attached hydrogens (tertiary/aromatic N) is 3. The number of hydrogen-bond acceptors (Lipinski definition) is 5. The van der Waals surface area contributed by atoms with E-state index >= 15 is 0 Å². The Kier molecular flexibility index (Phi) is 6.84. The van der Waals surface area contributed by atoms with Gasteiger partial charge in [0, 0.05) is 24.7 Å².